The number of aryl methyl sites for hydroxylation is 1. The molecule has 0 spiro atoms. The number of hydrogen-bond donors (Lipinski definition) is 1. The maximum absolute atomic E-state index is 10.3. The standard InChI is InChI=1S/C21H26N2O/c1-14-7-9-18(10-8-14)23-20-11-17-5-4-6-19(15(2)24)21(17,3)12-16(20)13-22-23/h7-11,13,15,19,24H,4-6,12H2,1-3H3/t15-,19+,21-/m0/s1. The number of fused-ring (bicyclic) bond motifs is 2. The summed E-state index contributed by atoms with van der Waals surface area (Å²) in [4.78, 5) is 0. The molecule has 4 rings (SSSR count). The second kappa shape index (κ2) is 5.59. The fourth-order valence-corrected chi connectivity index (χ4v) is 4.74. The highest BCUT2D eigenvalue weighted by Gasteiger charge is 2.45. The van der Waals surface area contributed by atoms with E-state index in [-0.39, 0.29) is 11.5 Å². The summed E-state index contributed by atoms with van der Waals surface area (Å²) < 4.78 is 2.06. The molecular weight excluding hydrogens is 296 g/mol. The maximum atomic E-state index is 10.3. The Hall–Kier alpha value is -1.87. The van der Waals surface area contributed by atoms with Crippen molar-refractivity contribution in [3.05, 3.63) is 52.9 Å². The minimum absolute atomic E-state index is 0.0700. The minimum Gasteiger partial charge on any atom is -0.393 e. The van der Waals surface area contributed by atoms with Gasteiger partial charge in [-0.15, -0.1) is 0 Å². The van der Waals surface area contributed by atoms with Crippen molar-refractivity contribution in [2.45, 2.75) is 52.6 Å². The Balaban J connectivity index is 1.78. The quantitative estimate of drug-likeness (QED) is 0.895. The second-order valence-corrected chi connectivity index (χ2v) is 7.81. The smallest absolute Gasteiger partial charge is 0.0700 e. The highest BCUT2D eigenvalue weighted by Crippen LogP contribution is 2.52. The van der Waals surface area contributed by atoms with E-state index >= 15 is 0 Å². The Morgan fingerprint density at radius 3 is 2.75 bits per heavy atom. The second-order valence-electron chi connectivity index (χ2n) is 7.81. The first-order valence-corrected chi connectivity index (χ1v) is 9.02. The lowest BCUT2D eigenvalue weighted by Crippen LogP contribution is -2.42. The molecule has 1 saturated carbocycles. The van der Waals surface area contributed by atoms with Crippen LogP contribution in [0.15, 0.2) is 36.0 Å². The molecule has 0 unspecified atom stereocenters. The molecule has 0 amide bonds. The van der Waals surface area contributed by atoms with Crippen molar-refractivity contribution in [1.29, 1.82) is 0 Å². The zero-order valence-corrected chi connectivity index (χ0v) is 14.8. The summed E-state index contributed by atoms with van der Waals surface area (Å²) >= 11 is 0. The summed E-state index contributed by atoms with van der Waals surface area (Å²) in [7, 11) is 0. The Kier molecular flexibility index (Phi) is 3.65. The third-order valence-electron chi connectivity index (χ3n) is 6.13. The fraction of sp³-hybridized carbons (Fsp3) is 0.476. The van der Waals surface area contributed by atoms with E-state index in [0.29, 0.717) is 5.92 Å². The molecule has 0 saturated heterocycles. The summed E-state index contributed by atoms with van der Waals surface area (Å²) in [6, 6.07) is 8.53. The van der Waals surface area contributed by atoms with E-state index in [0.717, 1.165) is 24.9 Å². The summed E-state index contributed by atoms with van der Waals surface area (Å²) in [5.41, 5.74) is 6.46. The van der Waals surface area contributed by atoms with Crippen LogP contribution in [0.3, 0.4) is 0 Å². The largest absolute Gasteiger partial charge is 0.393 e. The Bertz CT molecular complexity index is 785. The number of benzene rings is 1. The monoisotopic (exact) mass is 322 g/mol. The summed E-state index contributed by atoms with van der Waals surface area (Å²) in [5.74, 6) is 0.341. The van der Waals surface area contributed by atoms with E-state index in [9.17, 15) is 5.11 Å². The highest BCUT2D eigenvalue weighted by atomic mass is 16.3. The van der Waals surface area contributed by atoms with E-state index in [1.54, 1.807) is 0 Å². The first-order chi connectivity index (χ1) is 11.5. The average Bonchev–Trinajstić information content (AvgIpc) is 2.94. The van der Waals surface area contributed by atoms with Crippen molar-refractivity contribution in [3.63, 3.8) is 0 Å². The van der Waals surface area contributed by atoms with Crippen LogP contribution in [-0.4, -0.2) is 21.0 Å². The van der Waals surface area contributed by atoms with Gasteiger partial charge in [0.15, 0.2) is 0 Å². The van der Waals surface area contributed by atoms with Crippen molar-refractivity contribution in [3.8, 4) is 5.69 Å². The van der Waals surface area contributed by atoms with Gasteiger partial charge in [0.05, 0.1) is 23.7 Å². The van der Waals surface area contributed by atoms with Gasteiger partial charge in [-0.2, -0.15) is 5.10 Å². The van der Waals surface area contributed by atoms with Crippen LogP contribution in [0, 0.1) is 18.3 Å². The number of aromatic nitrogens is 2. The lowest BCUT2D eigenvalue weighted by atomic mass is 9.58. The molecule has 1 N–H and O–H groups in total. The predicted octanol–water partition coefficient (Wildman–Crippen LogP) is 4.31. The molecular formula is C21H26N2O. The third-order valence-corrected chi connectivity index (χ3v) is 6.13. The molecule has 0 radical (unpaired) electrons. The molecule has 3 nitrogen and oxygen atoms in total. The number of nitrogens with zero attached hydrogens (tertiary/aromatic N) is 2. The maximum Gasteiger partial charge on any atom is 0.0700 e. The zero-order chi connectivity index (χ0) is 16.9. The number of hydrogen-bond acceptors (Lipinski definition) is 2. The number of rotatable bonds is 2. The third kappa shape index (κ3) is 2.34. The van der Waals surface area contributed by atoms with Crippen LogP contribution in [0.4, 0.5) is 0 Å². The van der Waals surface area contributed by atoms with E-state index in [4.69, 9.17) is 0 Å². The molecule has 1 heterocycles. The molecule has 1 fully saturated rings. The molecule has 2 aromatic rings. The van der Waals surface area contributed by atoms with E-state index in [2.05, 4.69) is 54.0 Å². The molecule has 2 aliphatic rings. The average molecular weight is 322 g/mol. The van der Waals surface area contributed by atoms with E-state index < -0.39 is 0 Å². The molecule has 0 aliphatic heterocycles. The lowest BCUT2D eigenvalue weighted by molar-refractivity contribution is 0.0352. The Labute approximate surface area is 144 Å². The van der Waals surface area contributed by atoms with Gasteiger partial charge in [0.2, 0.25) is 0 Å². The van der Waals surface area contributed by atoms with Gasteiger partial charge in [-0.3, -0.25) is 0 Å². The van der Waals surface area contributed by atoms with E-state index in [1.165, 1.54) is 28.8 Å². The van der Waals surface area contributed by atoms with Crippen LogP contribution in [-0.2, 0) is 6.42 Å². The molecule has 3 heteroatoms. The number of allylic oxidation sites excluding steroid dienone is 1. The van der Waals surface area contributed by atoms with Gasteiger partial charge < -0.3 is 5.11 Å². The summed E-state index contributed by atoms with van der Waals surface area (Å²) in [6.07, 6.45) is 8.51. The van der Waals surface area contributed by atoms with Crippen LogP contribution in [0.2, 0.25) is 0 Å². The molecule has 0 bridgehead atoms. The van der Waals surface area contributed by atoms with Crippen molar-refractivity contribution in [1.82, 2.24) is 9.78 Å². The molecule has 24 heavy (non-hydrogen) atoms. The molecule has 3 atom stereocenters. The first-order valence-electron chi connectivity index (χ1n) is 9.02. The molecule has 1 aromatic carbocycles. The van der Waals surface area contributed by atoms with Gasteiger partial charge in [-0.25, -0.2) is 4.68 Å². The fourth-order valence-electron chi connectivity index (χ4n) is 4.74. The van der Waals surface area contributed by atoms with Crippen molar-refractivity contribution >= 4 is 6.08 Å². The number of aliphatic hydroxyl groups is 1. The van der Waals surface area contributed by atoms with Crippen molar-refractivity contribution < 1.29 is 5.11 Å². The van der Waals surface area contributed by atoms with Crippen LogP contribution in [0.25, 0.3) is 11.8 Å². The van der Waals surface area contributed by atoms with E-state index in [1.807, 2.05) is 13.1 Å². The van der Waals surface area contributed by atoms with Crippen molar-refractivity contribution in [2.75, 3.05) is 0 Å². The Morgan fingerprint density at radius 2 is 2.04 bits per heavy atom. The van der Waals surface area contributed by atoms with Gasteiger partial charge in [0.1, 0.15) is 0 Å². The van der Waals surface area contributed by atoms with Gasteiger partial charge >= 0.3 is 0 Å². The van der Waals surface area contributed by atoms with Gasteiger partial charge in [0, 0.05) is 0 Å². The topological polar surface area (TPSA) is 38.0 Å². The minimum atomic E-state index is -0.257. The normalized spacial score (nSPS) is 27.2. The predicted molar refractivity (Wildman–Crippen MR) is 97.1 cm³/mol. The molecule has 1 aromatic heterocycles. The van der Waals surface area contributed by atoms with Crippen LogP contribution in [0.1, 0.15) is 49.9 Å². The van der Waals surface area contributed by atoms with Crippen LogP contribution < -0.4 is 0 Å². The summed E-state index contributed by atoms with van der Waals surface area (Å²) in [5, 5.41) is 15.0. The zero-order valence-electron chi connectivity index (χ0n) is 14.8. The molecule has 126 valence electrons. The van der Waals surface area contributed by atoms with Gasteiger partial charge in [0.25, 0.3) is 0 Å². The van der Waals surface area contributed by atoms with Crippen molar-refractivity contribution in [2.24, 2.45) is 11.3 Å². The Morgan fingerprint density at radius 1 is 1.29 bits per heavy atom. The number of aliphatic hydroxyl groups excluding tert-OH is 1. The van der Waals surface area contributed by atoms with Gasteiger partial charge in [-0.05, 0) is 74.6 Å². The van der Waals surface area contributed by atoms with Gasteiger partial charge in [-0.1, -0.05) is 30.2 Å². The van der Waals surface area contributed by atoms with Crippen LogP contribution >= 0.6 is 0 Å². The SMILES string of the molecule is Cc1ccc(-n2ncc3c2C=C2CCC[C@H]([C@H](C)O)[C@@]2(C)C3)cc1. The lowest BCUT2D eigenvalue weighted by Gasteiger charge is -2.47. The highest BCUT2D eigenvalue weighted by molar-refractivity contribution is 5.61. The first kappa shape index (κ1) is 15.6. The molecule has 2 aliphatic carbocycles. The van der Waals surface area contributed by atoms with Crippen LogP contribution in [0.5, 0.6) is 0 Å². The summed E-state index contributed by atoms with van der Waals surface area (Å²) in [6.45, 7) is 6.39.